The first-order chi connectivity index (χ1) is 9.12. The number of hydrogen-bond donors (Lipinski definition) is 0. The second kappa shape index (κ2) is 5.63. The maximum atomic E-state index is 11.7. The Morgan fingerprint density at radius 2 is 2.11 bits per heavy atom. The lowest BCUT2D eigenvalue weighted by molar-refractivity contribution is 0.114. The van der Waals surface area contributed by atoms with Crippen molar-refractivity contribution in [3.8, 4) is 0 Å². The molecule has 0 radical (unpaired) electrons. The summed E-state index contributed by atoms with van der Waals surface area (Å²) in [6.45, 7) is 8.57. The van der Waals surface area contributed by atoms with Crippen molar-refractivity contribution >= 4 is 11.9 Å². The van der Waals surface area contributed by atoms with E-state index < -0.39 is 0 Å². The lowest BCUT2D eigenvalue weighted by atomic mass is 9.98. The first kappa shape index (κ1) is 13.9. The van der Waals surface area contributed by atoms with Gasteiger partial charge in [-0.3, -0.25) is 4.99 Å². The van der Waals surface area contributed by atoms with Crippen LogP contribution in [0.2, 0.25) is 0 Å². The Morgan fingerprint density at radius 3 is 2.68 bits per heavy atom. The molecule has 2 aliphatic rings. The molecule has 1 fully saturated rings. The van der Waals surface area contributed by atoms with E-state index in [4.69, 9.17) is 9.73 Å². The van der Waals surface area contributed by atoms with Gasteiger partial charge >= 0.3 is 6.09 Å². The summed E-state index contributed by atoms with van der Waals surface area (Å²) in [4.78, 5) is 20.5. The quantitative estimate of drug-likeness (QED) is 0.769. The van der Waals surface area contributed by atoms with Crippen molar-refractivity contribution < 1.29 is 9.53 Å². The van der Waals surface area contributed by atoms with Crippen LogP contribution in [0.1, 0.15) is 33.6 Å². The molecule has 5 heteroatoms. The van der Waals surface area contributed by atoms with E-state index in [0.29, 0.717) is 13.1 Å². The summed E-state index contributed by atoms with van der Waals surface area (Å²) >= 11 is 0. The molecule has 2 aliphatic heterocycles. The largest absolute Gasteiger partial charge is 0.453 e. The molecule has 1 atom stereocenters. The van der Waals surface area contributed by atoms with Gasteiger partial charge in [0.05, 0.1) is 19.7 Å². The highest BCUT2D eigenvalue weighted by atomic mass is 16.5. The molecule has 2 rings (SSSR count). The number of fused-ring (bicyclic) bond motifs is 1. The lowest BCUT2D eigenvalue weighted by Gasteiger charge is -2.42. The Labute approximate surface area is 114 Å². The predicted molar refractivity (Wildman–Crippen MR) is 75.2 cm³/mol. The molecule has 0 unspecified atom stereocenters. The van der Waals surface area contributed by atoms with E-state index in [0.717, 1.165) is 25.2 Å². The van der Waals surface area contributed by atoms with Crippen molar-refractivity contribution in [1.82, 2.24) is 9.80 Å². The minimum Gasteiger partial charge on any atom is -0.453 e. The highest BCUT2D eigenvalue weighted by Crippen LogP contribution is 2.28. The van der Waals surface area contributed by atoms with Gasteiger partial charge in [-0.2, -0.15) is 0 Å². The molecule has 1 saturated heterocycles. The monoisotopic (exact) mass is 265 g/mol. The first-order valence-electron chi connectivity index (χ1n) is 7.01. The van der Waals surface area contributed by atoms with Crippen LogP contribution in [0, 0.1) is 0 Å². The number of amidine groups is 1. The maximum absolute atomic E-state index is 11.7. The summed E-state index contributed by atoms with van der Waals surface area (Å²) in [5.41, 5.74) is 2.59. The maximum Gasteiger partial charge on any atom is 0.409 e. The van der Waals surface area contributed by atoms with E-state index in [2.05, 4.69) is 25.7 Å². The topological polar surface area (TPSA) is 45.1 Å². The van der Waals surface area contributed by atoms with Crippen LogP contribution in [0.5, 0.6) is 0 Å². The van der Waals surface area contributed by atoms with Crippen molar-refractivity contribution in [2.75, 3.05) is 26.7 Å². The SMILES string of the molecule is CCC1=N[C@@H](C)C(CC)=C2CN(C(=O)OC)CCN12. The van der Waals surface area contributed by atoms with Crippen LogP contribution in [-0.4, -0.2) is 54.5 Å². The third-order valence-electron chi connectivity index (χ3n) is 3.92. The number of rotatable bonds is 2. The standard InChI is InChI=1S/C14H23N3O2/c1-5-11-10(3)15-13(6-2)17-8-7-16(9-12(11)17)14(18)19-4/h10H,5-9H2,1-4H3/t10-/m0/s1. The van der Waals surface area contributed by atoms with E-state index in [-0.39, 0.29) is 12.1 Å². The van der Waals surface area contributed by atoms with Crippen molar-refractivity contribution in [2.45, 2.75) is 39.7 Å². The Hall–Kier alpha value is -1.52. The molecule has 0 aliphatic carbocycles. The third kappa shape index (κ3) is 2.46. The van der Waals surface area contributed by atoms with Crippen LogP contribution in [0.3, 0.4) is 0 Å². The summed E-state index contributed by atoms with van der Waals surface area (Å²) in [6, 6.07) is 0.226. The van der Waals surface area contributed by atoms with E-state index in [1.54, 1.807) is 4.90 Å². The van der Waals surface area contributed by atoms with Crippen LogP contribution in [0.25, 0.3) is 0 Å². The van der Waals surface area contributed by atoms with E-state index >= 15 is 0 Å². The number of ether oxygens (including phenoxy) is 1. The molecule has 0 bridgehead atoms. The molecule has 0 aromatic heterocycles. The lowest BCUT2D eigenvalue weighted by Crippen LogP contribution is -2.51. The average molecular weight is 265 g/mol. The Kier molecular flexibility index (Phi) is 4.12. The van der Waals surface area contributed by atoms with Crippen LogP contribution < -0.4 is 0 Å². The summed E-state index contributed by atoms with van der Waals surface area (Å²) in [5, 5.41) is 0. The minimum atomic E-state index is -0.240. The smallest absolute Gasteiger partial charge is 0.409 e. The van der Waals surface area contributed by atoms with Crippen LogP contribution in [0.4, 0.5) is 4.79 Å². The number of piperazine rings is 1. The normalized spacial score (nSPS) is 23.2. The average Bonchev–Trinajstić information content (AvgIpc) is 2.44. The van der Waals surface area contributed by atoms with Gasteiger partial charge in [-0.1, -0.05) is 13.8 Å². The first-order valence-corrected chi connectivity index (χ1v) is 7.01. The Morgan fingerprint density at radius 1 is 1.37 bits per heavy atom. The van der Waals surface area contributed by atoms with Crippen molar-refractivity contribution in [3.63, 3.8) is 0 Å². The highest BCUT2D eigenvalue weighted by molar-refractivity contribution is 5.86. The number of aliphatic imine (C=N–C) groups is 1. The van der Waals surface area contributed by atoms with Gasteiger partial charge in [-0.05, 0) is 18.9 Å². The zero-order valence-electron chi connectivity index (χ0n) is 12.3. The molecular weight excluding hydrogens is 242 g/mol. The summed E-state index contributed by atoms with van der Waals surface area (Å²) in [6.07, 6.45) is 1.67. The van der Waals surface area contributed by atoms with E-state index in [9.17, 15) is 4.79 Å². The number of nitrogens with zero attached hydrogens (tertiary/aromatic N) is 3. The Bertz CT molecular complexity index is 428. The minimum absolute atomic E-state index is 0.226. The molecule has 0 spiro atoms. The van der Waals surface area contributed by atoms with Crippen molar-refractivity contribution in [1.29, 1.82) is 0 Å². The molecule has 0 aromatic carbocycles. The molecule has 5 nitrogen and oxygen atoms in total. The van der Waals surface area contributed by atoms with Crippen molar-refractivity contribution in [3.05, 3.63) is 11.3 Å². The van der Waals surface area contributed by atoms with Gasteiger partial charge in [0.15, 0.2) is 0 Å². The number of amides is 1. The highest BCUT2D eigenvalue weighted by Gasteiger charge is 2.32. The molecule has 0 aromatic rings. The molecule has 2 heterocycles. The fraction of sp³-hybridized carbons (Fsp3) is 0.714. The number of methoxy groups -OCH3 is 1. The van der Waals surface area contributed by atoms with Gasteiger partial charge in [0.1, 0.15) is 5.84 Å². The Balaban J connectivity index is 2.29. The van der Waals surface area contributed by atoms with Gasteiger partial charge in [0.2, 0.25) is 0 Å². The molecule has 19 heavy (non-hydrogen) atoms. The van der Waals surface area contributed by atoms with E-state index in [1.807, 2.05) is 0 Å². The number of carbonyl (C=O) groups excluding carboxylic acids is 1. The van der Waals surface area contributed by atoms with Gasteiger partial charge in [0, 0.05) is 25.2 Å². The second-order valence-corrected chi connectivity index (χ2v) is 4.94. The number of carbonyl (C=O) groups is 1. The van der Waals surface area contributed by atoms with E-state index in [1.165, 1.54) is 18.4 Å². The summed E-state index contributed by atoms with van der Waals surface area (Å²) < 4.78 is 4.83. The van der Waals surface area contributed by atoms with Crippen LogP contribution >= 0.6 is 0 Å². The molecular formula is C14H23N3O2. The van der Waals surface area contributed by atoms with Crippen LogP contribution in [-0.2, 0) is 4.74 Å². The van der Waals surface area contributed by atoms with Crippen LogP contribution in [0.15, 0.2) is 16.3 Å². The predicted octanol–water partition coefficient (Wildman–Crippen LogP) is 2.25. The van der Waals surface area contributed by atoms with Crippen molar-refractivity contribution in [2.24, 2.45) is 4.99 Å². The fourth-order valence-electron chi connectivity index (χ4n) is 2.94. The molecule has 0 N–H and O–H groups in total. The van der Waals surface area contributed by atoms with Gasteiger partial charge in [-0.25, -0.2) is 4.79 Å². The third-order valence-corrected chi connectivity index (χ3v) is 3.92. The fourth-order valence-corrected chi connectivity index (χ4v) is 2.94. The zero-order valence-corrected chi connectivity index (χ0v) is 12.3. The molecule has 0 saturated carbocycles. The zero-order chi connectivity index (χ0) is 14.0. The summed E-state index contributed by atoms with van der Waals surface area (Å²) in [7, 11) is 1.44. The molecule has 1 amide bonds. The summed E-state index contributed by atoms with van der Waals surface area (Å²) in [5.74, 6) is 1.14. The number of hydrogen-bond acceptors (Lipinski definition) is 4. The van der Waals surface area contributed by atoms with Gasteiger partial charge < -0.3 is 14.5 Å². The second-order valence-electron chi connectivity index (χ2n) is 4.94. The molecule has 106 valence electrons. The van der Waals surface area contributed by atoms with Gasteiger partial charge in [-0.15, -0.1) is 0 Å². The van der Waals surface area contributed by atoms with Gasteiger partial charge in [0.25, 0.3) is 0 Å².